The molecule has 0 spiro atoms. The first-order valence-electron chi connectivity index (χ1n) is 18.7. The number of nitrogen functional groups attached to an aromatic ring is 1. The summed E-state index contributed by atoms with van der Waals surface area (Å²) in [5, 5.41) is 9.11. The number of aromatic nitrogens is 4. The number of piperidine rings is 1. The molecule has 0 radical (unpaired) electrons. The molecule has 6 atom stereocenters. The predicted molar refractivity (Wildman–Crippen MR) is 202 cm³/mol. The van der Waals surface area contributed by atoms with Crippen molar-refractivity contribution in [3.8, 4) is 22.9 Å². The molecule has 16 heteroatoms. The van der Waals surface area contributed by atoms with E-state index in [-0.39, 0.29) is 59.4 Å². The molecule has 11 rings (SSSR count). The number of nitrogens with one attached hydrogen (secondary N) is 1. The maximum Gasteiger partial charge on any atom is 0.327 e. The van der Waals surface area contributed by atoms with Gasteiger partial charge in [0.25, 0.3) is 0 Å². The van der Waals surface area contributed by atoms with E-state index in [1.54, 1.807) is 0 Å². The summed E-state index contributed by atoms with van der Waals surface area (Å²) >= 11 is 8.75. The monoisotopic (exact) mass is 776 g/mol. The van der Waals surface area contributed by atoms with Crippen LogP contribution in [0.1, 0.15) is 52.9 Å². The topological polar surface area (TPSA) is 135 Å². The number of rotatable bonds is 5. The molecule has 5 fully saturated rings. The minimum absolute atomic E-state index is 0.0165. The molecule has 0 amide bonds. The Morgan fingerprint density at radius 3 is 2.85 bits per heavy atom. The second kappa shape index (κ2) is 11.0. The third-order valence-corrected chi connectivity index (χ3v) is 14.2. The summed E-state index contributed by atoms with van der Waals surface area (Å²) in [6.07, 6.45) is 2.48. The van der Waals surface area contributed by atoms with Gasteiger partial charge in [0.05, 0.1) is 27.4 Å². The van der Waals surface area contributed by atoms with Crippen molar-refractivity contribution in [1.82, 2.24) is 30.0 Å². The second-order valence-electron chi connectivity index (χ2n) is 16.9. The van der Waals surface area contributed by atoms with Crippen LogP contribution in [-0.2, 0) is 9.53 Å². The number of nitrogens with two attached hydrogens (primary N) is 1. The van der Waals surface area contributed by atoms with Crippen molar-refractivity contribution < 1.29 is 27.8 Å². The minimum atomic E-state index is -0.928. The van der Waals surface area contributed by atoms with Gasteiger partial charge in [-0.05, 0) is 64.6 Å². The number of anilines is 2. The number of ether oxygens (including phenoxy) is 3. The molecule has 6 aliphatic rings. The fraction of sp³-hybridized carbons (Fsp3) is 0.526. The number of hydrogen-bond acceptors (Lipinski definition) is 12. The van der Waals surface area contributed by atoms with Crippen LogP contribution in [0.4, 0.5) is 20.4 Å². The van der Waals surface area contributed by atoms with E-state index in [1.807, 2.05) is 39.0 Å². The highest BCUT2D eigenvalue weighted by atomic mass is 35.5. The summed E-state index contributed by atoms with van der Waals surface area (Å²) < 4.78 is 52.2. The third kappa shape index (κ3) is 4.40. The maximum atomic E-state index is 17.6. The van der Waals surface area contributed by atoms with E-state index in [1.165, 1.54) is 11.3 Å². The third-order valence-electron chi connectivity index (χ3n) is 12.8. The fourth-order valence-electron chi connectivity index (χ4n) is 10.6. The molecule has 3 aromatic heterocycles. The first-order chi connectivity index (χ1) is 25.9. The zero-order valence-electron chi connectivity index (χ0n) is 30.0. The van der Waals surface area contributed by atoms with Crippen molar-refractivity contribution in [2.75, 3.05) is 43.5 Å². The van der Waals surface area contributed by atoms with Crippen LogP contribution in [-0.4, -0.2) is 110 Å². The molecular weight excluding hydrogens is 738 g/mol. The zero-order chi connectivity index (χ0) is 37.1. The van der Waals surface area contributed by atoms with Crippen LogP contribution >= 0.6 is 22.9 Å². The number of H-pyrrole nitrogens is 1. The lowest BCUT2D eigenvalue weighted by Gasteiger charge is -2.73. The molecule has 3 unspecified atom stereocenters. The van der Waals surface area contributed by atoms with Crippen molar-refractivity contribution >= 4 is 71.7 Å². The summed E-state index contributed by atoms with van der Waals surface area (Å²) in [5.41, 5.74) is 5.35. The first kappa shape index (κ1) is 33.3. The van der Waals surface area contributed by atoms with Gasteiger partial charge in [0.2, 0.25) is 0 Å². The summed E-state index contributed by atoms with van der Waals surface area (Å²) in [6, 6.07) is 5.45. The standard InChI is InChI=1S/C38H39ClF2N8O4S/c1-36(2,3)53-34(50)38-11-18-14-48-21(20(12-38)49(18)38)15-51-30-26-29(43-35(44-32(26)48)52-16-37-8-5-9-47(37)13-17(40)10-37)28(41)24(27(30)39)19-6-4-7-22-23(19)25-31(42)45-46-33(25)54-22/h4,6-7,17-18,20-21H,5,8-16H2,1-3H3,(H3,42,45,46)/t17-,18?,20?,21-,37+,38?/m1/s1. The van der Waals surface area contributed by atoms with Crippen LogP contribution in [0.15, 0.2) is 18.2 Å². The predicted octanol–water partition coefficient (Wildman–Crippen LogP) is 6.23. The normalized spacial score (nSPS) is 30.1. The molecule has 12 nitrogen and oxygen atoms in total. The van der Waals surface area contributed by atoms with Gasteiger partial charge in [-0.25, -0.2) is 8.78 Å². The molecule has 5 aromatic rings. The Morgan fingerprint density at radius 1 is 1.17 bits per heavy atom. The van der Waals surface area contributed by atoms with Gasteiger partial charge in [-0.1, -0.05) is 23.7 Å². The second-order valence-corrected chi connectivity index (χ2v) is 18.4. The number of thiophene rings is 1. The molecule has 0 saturated carbocycles. The van der Waals surface area contributed by atoms with Crippen LogP contribution in [0.25, 0.3) is 42.3 Å². The molecule has 9 heterocycles. The number of hydrogen-bond donors (Lipinski definition) is 2. The van der Waals surface area contributed by atoms with E-state index in [0.717, 1.165) is 29.5 Å². The summed E-state index contributed by atoms with van der Waals surface area (Å²) in [6.45, 7) is 7.80. The average molecular weight is 777 g/mol. The van der Waals surface area contributed by atoms with Crippen molar-refractivity contribution in [3.05, 3.63) is 29.0 Å². The number of halogens is 3. The van der Waals surface area contributed by atoms with Gasteiger partial charge in [0, 0.05) is 47.2 Å². The molecule has 0 bridgehead atoms. The molecule has 0 aliphatic carbocycles. The van der Waals surface area contributed by atoms with E-state index in [4.69, 9.17) is 41.5 Å². The Kier molecular flexibility index (Phi) is 6.81. The van der Waals surface area contributed by atoms with Crippen LogP contribution in [0, 0.1) is 5.82 Å². The molecule has 2 aromatic carbocycles. The lowest BCUT2D eigenvalue weighted by molar-refractivity contribution is -0.240. The largest absolute Gasteiger partial charge is 0.489 e. The van der Waals surface area contributed by atoms with Crippen molar-refractivity contribution in [2.45, 2.75) is 93.9 Å². The molecule has 282 valence electrons. The Morgan fingerprint density at radius 2 is 2.02 bits per heavy atom. The van der Waals surface area contributed by atoms with Gasteiger partial charge in [-0.3, -0.25) is 19.7 Å². The Bertz CT molecular complexity index is 2460. The molecule has 6 aliphatic heterocycles. The Balaban J connectivity index is 1.06. The molecule has 54 heavy (non-hydrogen) atoms. The number of benzene rings is 2. The van der Waals surface area contributed by atoms with Crippen LogP contribution in [0.2, 0.25) is 5.02 Å². The van der Waals surface area contributed by atoms with Gasteiger partial charge in [0.1, 0.15) is 52.5 Å². The SMILES string of the molecule is CC(C)(C)OC(=O)C12CC3CN4c5nc(OC[C@@]67CCCN6C[C@H](F)C7)nc6c(F)c(-c7cccc8sc9n[nH]c(N)c9c78)c(Cl)c(c56)OC[C@@H]4C(C1)N32. The van der Waals surface area contributed by atoms with Crippen LogP contribution < -0.4 is 20.1 Å². The Labute approximate surface area is 317 Å². The highest BCUT2D eigenvalue weighted by Gasteiger charge is 2.72. The number of carbonyl (C=O) groups is 1. The van der Waals surface area contributed by atoms with Gasteiger partial charge in [-0.2, -0.15) is 15.1 Å². The average Bonchev–Trinajstić information content (AvgIpc) is 3.82. The quantitative estimate of drug-likeness (QED) is 0.197. The number of esters is 1. The number of alkyl halides is 1. The lowest BCUT2D eigenvalue weighted by atomic mass is 9.60. The summed E-state index contributed by atoms with van der Waals surface area (Å²) in [7, 11) is 0. The number of aromatic amines is 1. The maximum absolute atomic E-state index is 17.6. The summed E-state index contributed by atoms with van der Waals surface area (Å²) in [4.78, 5) is 30.6. The highest BCUT2D eigenvalue weighted by molar-refractivity contribution is 7.25. The number of carbonyl (C=O) groups excluding carboxylic acids is 1. The zero-order valence-corrected chi connectivity index (χ0v) is 31.6. The number of nitrogens with zero attached hydrogens (tertiary/aromatic N) is 6. The highest BCUT2D eigenvalue weighted by Crippen LogP contribution is 2.59. The van der Waals surface area contributed by atoms with Crippen LogP contribution in [0.3, 0.4) is 0 Å². The molecule has 5 saturated heterocycles. The summed E-state index contributed by atoms with van der Waals surface area (Å²) in [5.74, 6) is 0.319. The minimum Gasteiger partial charge on any atom is -0.489 e. The molecular formula is C38H39ClF2N8O4S. The van der Waals surface area contributed by atoms with E-state index in [2.05, 4.69) is 24.9 Å². The van der Waals surface area contributed by atoms with Crippen molar-refractivity contribution in [1.29, 1.82) is 0 Å². The smallest absolute Gasteiger partial charge is 0.327 e. The van der Waals surface area contributed by atoms with Gasteiger partial charge >= 0.3 is 12.0 Å². The molecule has 3 N–H and O–H groups in total. The van der Waals surface area contributed by atoms with Gasteiger partial charge in [0.15, 0.2) is 11.6 Å². The fourth-order valence-corrected chi connectivity index (χ4v) is 12.0. The van der Waals surface area contributed by atoms with E-state index < -0.39 is 28.7 Å². The van der Waals surface area contributed by atoms with Crippen LogP contribution in [0.5, 0.6) is 11.8 Å². The van der Waals surface area contributed by atoms with E-state index in [9.17, 15) is 9.18 Å². The van der Waals surface area contributed by atoms with Crippen molar-refractivity contribution in [2.24, 2.45) is 0 Å². The van der Waals surface area contributed by atoms with Gasteiger partial charge in [-0.15, -0.1) is 11.3 Å². The lowest BCUT2D eigenvalue weighted by Crippen LogP contribution is -2.89. The number of fused-ring (bicyclic) bond motifs is 7. The van der Waals surface area contributed by atoms with Crippen molar-refractivity contribution in [3.63, 3.8) is 0 Å². The Hall–Kier alpha value is -4.05. The first-order valence-corrected chi connectivity index (χ1v) is 19.9. The number of piperazine rings is 1. The van der Waals surface area contributed by atoms with E-state index in [0.29, 0.717) is 70.9 Å². The van der Waals surface area contributed by atoms with E-state index >= 15 is 4.39 Å². The van der Waals surface area contributed by atoms with Gasteiger partial charge < -0.3 is 24.8 Å².